The van der Waals surface area contributed by atoms with Gasteiger partial charge in [0.1, 0.15) is 5.75 Å². The molecular formula is C11H16O3S. The van der Waals surface area contributed by atoms with Crippen molar-refractivity contribution in [1.29, 1.82) is 0 Å². The lowest BCUT2D eigenvalue weighted by atomic mass is 10.0. The van der Waals surface area contributed by atoms with Crippen LogP contribution < -0.4 is 0 Å². The molecule has 1 heterocycles. The molecule has 84 valence electrons. The number of allylic oxidation sites excluding steroid dienone is 3. The third kappa shape index (κ3) is 2.04. The summed E-state index contributed by atoms with van der Waals surface area (Å²) in [5, 5.41) is 0. The molecule has 0 N–H and O–H groups in total. The number of hydrogen-bond donors (Lipinski definition) is 0. The summed E-state index contributed by atoms with van der Waals surface area (Å²) >= 11 is 0. The first-order valence-electron chi connectivity index (χ1n) is 5.12. The van der Waals surface area contributed by atoms with E-state index in [2.05, 4.69) is 0 Å². The van der Waals surface area contributed by atoms with E-state index in [4.69, 9.17) is 0 Å². The summed E-state index contributed by atoms with van der Waals surface area (Å²) in [6.07, 6.45) is 2.91. The van der Waals surface area contributed by atoms with Gasteiger partial charge in [-0.2, -0.15) is 0 Å². The van der Waals surface area contributed by atoms with Crippen LogP contribution in [0.2, 0.25) is 0 Å². The molecule has 0 radical (unpaired) electrons. The molecular weight excluding hydrogens is 212 g/mol. The second kappa shape index (κ2) is 4.31. The summed E-state index contributed by atoms with van der Waals surface area (Å²) in [7, 11) is -3.36. The summed E-state index contributed by atoms with van der Waals surface area (Å²) in [6, 6.07) is 0. The maximum atomic E-state index is 11.8. The summed E-state index contributed by atoms with van der Waals surface area (Å²) in [5.41, 5.74) is 1.24. The highest BCUT2D eigenvalue weighted by Crippen LogP contribution is 2.32. The first kappa shape index (κ1) is 12.2. The van der Waals surface area contributed by atoms with Crippen LogP contribution in [0.15, 0.2) is 22.1 Å². The Morgan fingerprint density at radius 1 is 1.40 bits per heavy atom. The van der Waals surface area contributed by atoms with Crippen molar-refractivity contribution in [3.8, 4) is 0 Å². The molecule has 0 spiro atoms. The molecule has 0 atom stereocenters. The molecule has 4 heteroatoms. The third-order valence-corrected chi connectivity index (χ3v) is 4.39. The zero-order chi connectivity index (χ0) is 11.6. The highest BCUT2D eigenvalue weighted by atomic mass is 32.2. The molecule has 0 aromatic rings. The van der Waals surface area contributed by atoms with Crippen LogP contribution in [-0.4, -0.2) is 20.0 Å². The number of sulfone groups is 1. The van der Waals surface area contributed by atoms with Gasteiger partial charge in [0.2, 0.25) is 0 Å². The van der Waals surface area contributed by atoms with Gasteiger partial charge in [0.15, 0.2) is 15.6 Å². The predicted molar refractivity (Wildman–Crippen MR) is 60.2 cm³/mol. The maximum absolute atomic E-state index is 11.8. The Morgan fingerprint density at radius 3 is 2.40 bits per heavy atom. The fraction of sp³-hybridized carbons (Fsp3) is 0.545. The van der Waals surface area contributed by atoms with E-state index in [0.717, 1.165) is 5.57 Å². The SMILES string of the molecule is CC=C(CC)C1=C(CC)C(=O)CS1(=O)=O. The number of Topliss-reactive ketones (excluding diaryl/α,β-unsaturated/α-hetero) is 1. The van der Waals surface area contributed by atoms with E-state index in [1.807, 2.05) is 13.8 Å². The molecule has 0 aromatic carbocycles. The summed E-state index contributed by atoms with van der Waals surface area (Å²) < 4.78 is 23.6. The van der Waals surface area contributed by atoms with Gasteiger partial charge in [-0.05, 0) is 25.3 Å². The molecule has 0 saturated carbocycles. The molecule has 0 bridgehead atoms. The number of ketones is 1. The van der Waals surface area contributed by atoms with E-state index in [-0.39, 0.29) is 11.5 Å². The smallest absolute Gasteiger partial charge is 0.186 e. The van der Waals surface area contributed by atoms with Gasteiger partial charge >= 0.3 is 0 Å². The molecule has 1 aliphatic rings. The van der Waals surface area contributed by atoms with Crippen LogP contribution in [0.3, 0.4) is 0 Å². The lowest BCUT2D eigenvalue weighted by Gasteiger charge is -2.06. The van der Waals surface area contributed by atoms with Gasteiger partial charge in [-0.15, -0.1) is 0 Å². The molecule has 0 fully saturated rings. The zero-order valence-corrected chi connectivity index (χ0v) is 10.1. The Balaban J connectivity index is 3.43. The molecule has 0 unspecified atom stereocenters. The Kier molecular flexibility index (Phi) is 3.50. The van der Waals surface area contributed by atoms with E-state index >= 15 is 0 Å². The van der Waals surface area contributed by atoms with Crippen molar-refractivity contribution in [3.63, 3.8) is 0 Å². The monoisotopic (exact) mass is 228 g/mol. The first-order chi connectivity index (χ1) is 6.97. The van der Waals surface area contributed by atoms with Crippen molar-refractivity contribution in [2.45, 2.75) is 33.6 Å². The van der Waals surface area contributed by atoms with Crippen molar-refractivity contribution in [3.05, 3.63) is 22.1 Å². The summed E-state index contributed by atoms with van der Waals surface area (Å²) in [6.45, 7) is 5.52. The third-order valence-electron chi connectivity index (χ3n) is 2.62. The van der Waals surface area contributed by atoms with Crippen LogP contribution in [0, 0.1) is 0 Å². The average molecular weight is 228 g/mol. The molecule has 1 rings (SSSR count). The van der Waals surface area contributed by atoms with Crippen LogP contribution in [0.4, 0.5) is 0 Å². The molecule has 15 heavy (non-hydrogen) atoms. The minimum atomic E-state index is -3.36. The van der Waals surface area contributed by atoms with Gasteiger partial charge < -0.3 is 0 Å². The largest absolute Gasteiger partial charge is 0.293 e. The van der Waals surface area contributed by atoms with Crippen LogP contribution in [0.5, 0.6) is 0 Å². The van der Waals surface area contributed by atoms with Gasteiger partial charge in [-0.1, -0.05) is 19.9 Å². The van der Waals surface area contributed by atoms with Crippen molar-refractivity contribution < 1.29 is 13.2 Å². The number of carbonyl (C=O) groups excluding carboxylic acids is 1. The normalized spacial score (nSPS) is 21.3. The van der Waals surface area contributed by atoms with Crippen molar-refractivity contribution in [2.75, 3.05) is 5.75 Å². The first-order valence-corrected chi connectivity index (χ1v) is 6.77. The molecule has 0 aliphatic carbocycles. The fourth-order valence-electron chi connectivity index (χ4n) is 1.89. The summed E-state index contributed by atoms with van der Waals surface area (Å²) in [4.78, 5) is 11.8. The van der Waals surface area contributed by atoms with Gasteiger partial charge in [0, 0.05) is 5.57 Å². The van der Waals surface area contributed by atoms with E-state index in [0.29, 0.717) is 23.3 Å². The van der Waals surface area contributed by atoms with E-state index in [9.17, 15) is 13.2 Å². The van der Waals surface area contributed by atoms with Crippen molar-refractivity contribution >= 4 is 15.6 Å². The highest BCUT2D eigenvalue weighted by Gasteiger charge is 2.36. The lowest BCUT2D eigenvalue weighted by Crippen LogP contribution is -2.07. The second-order valence-electron chi connectivity index (χ2n) is 3.51. The standard InChI is InChI=1S/C11H16O3S/c1-4-8(5-2)11-9(6-3)10(12)7-15(11,13)14/h4H,5-7H2,1-3H3. The van der Waals surface area contributed by atoms with Gasteiger partial charge in [0.25, 0.3) is 0 Å². The average Bonchev–Trinajstić information content (AvgIpc) is 2.39. The number of carbonyl (C=O) groups is 1. The minimum absolute atomic E-state index is 0.236. The van der Waals surface area contributed by atoms with E-state index in [1.165, 1.54) is 0 Å². The maximum Gasteiger partial charge on any atom is 0.186 e. The Labute approximate surface area is 90.8 Å². The van der Waals surface area contributed by atoms with E-state index < -0.39 is 9.84 Å². The topological polar surface area (TPSA) is 51.2 Å². The van der Waals surface area contributed by atoms with Crippen LogP contribution in [0.25, 0.3) is 0 Å². The molecule has 3 nitrogen and oxygen atoms in total. The molecule has 0 aromatic heterocycles. The Bertz CT molecular complexity index is 438. The van der Waals surface area contributed by atoms with Gasteiger partial charge in [0.05, 0.1) is 4.91 Å². The van der Waals surface area contributed by atoms with Crippen molar-refractivity contribution in [2.24, 2.45) is 0 Å². The second-order valence-corrected chi connectivity index (χ2v) is 5.44. The quantitative estimate of drug-likeness (QED) is 0.742. The number of hydrogen-bond acceptors (Lipinski definition) is 3. The van der Waals surface area contributed by atoms with Crippen LogP contribution >= 0.6 is 0 Å². The fourth-order valence-corrected chi connectivity index (χ4v) is 3.85. The number of rotatable bonds is 3. The van der Waals surface area contributed by atoms with Crippen molar-refractivity contribution in [1.82, 2.24) is 0 Å². The minimum Gasteiger partial charge on any atom is -0.293 e. The Hall–Kier alpha value is -0.900. The van der Waals surface area contributed by atoms with E-state index in [1.54, 1.807) is 13.0 Å². The van der Waals surface area contributed by atoms with Crippen LogP contribution in [-0.2, 0) is 14.6 Å². The molecule has 0 amide bonds. The predicted octanol–water partition coefficient (Wildman–Crippen LogP) is 2.00. The molecule has 0 saturated heterocycles. The zero-order valence-electron chi connectivity index (χ0n) is 9.33. The van der Waals surface area contributed by atoms with Crippen LogP contribution in [0.1, 0.15) is 33.6 Å². The summed E-state index contributed by atoms with van der Waals surface area (Å²) in [5.74, 6) is -0.580. The molecule has 1 aliphatic heterocycles. The van der Waals surface area contributed by atoms with Gasteiger partial charge in [-0.3, -0.25) is 4.79 Å². The lowest BCUT2D eigenvalue weighted by molar-refractivity contribution is -0.113. The van der Waals surface area contributed by atoms with Gasteiger partial charge in [-0.25, -0.2) is 8.42 Å². The Morgan fingerprint density at radius 2 is 2.00 bits per heavy atom. The highest BCUT2D eigenvalue weighted by molar-refractivity contribution is 7.96.